The van der Waals surface area contributed by atoms with Gasteiger partial charge in [-0.25, -0.2) is 0 Å². The minimum absolute atomic E-state index is 0.726. The molecule has 0 aromatic heterocycles. The number of rotatable bonds is 6. The zero-order chi connectivity index (χ0) is 12.1. The molecule has 2 aliphatic carbocycles. The second-order valence-corrected chi connectivity index (χ2v) is 6.18. The molecule has 2 saturated carbocycles. The van der Waals surface area contributed by atoms with Gasteiger partial charge in [-0.3, -0.25) is 0 Å². The SMILES string of the molecule is COCC(C)C1CCCCCC1CNC1CC1. The number of hydrogen-bond acceptors (Lipinski definition) is 2. The van der Waals surface area contributed by atoms with E-state index in [0.29, 0.717) is 0 Å². The standard InChI is InChI=1S/C15H29NO/c1-12(11-17-2)15-7-5-3-4-6-13(15)10-16-14-8-9-14/h12-16H,3-11H2,1-2H3. The zero-order valence-electron chi connectivity index (χ0n) is 11.6. The molecule has 17 heavy (non-hydrogen) atoms. The van der Waals surface area contributed by atoms with E-state index in [-0.39, 0.29) is 0 Å². The van der Waals surface area contributed by atoms with E-state index in [9.17, 15) is 0 Å². The Morgan fingerprint density at radius 3 is 2.59 bits per heavy atom. The van der Waals surface area contributed by atoms with Gasteiger partial charge in [0.05, 0.1) is 0 Å². The van der Waals surface area contributed by atoms with Gasteiger partial charge >= 0.3 is 0 Å². The minimum Gasteiger partial charge on any atom is -0.384 e. The summed E-state index contributed by atoms with van der Waals surface area (Å²) in [5.41, 5.74) is 0. The van der Waals surface area contributed by atoms with E-state index in [1.54, 1.807) is 0 Å². The molecule has 0 heterocycles. The monoisotopic (exact) mass is 239 g/mol. The third-order valence-electron chi connectivity index (χ3n) is 4.62. The van der Waals surface area contributed by atoms with Crippen molar-refractivity contribution in [1.82, 2.24) is 5.32 Å². The van der Waals surface area contributed by atoms with Crippen molar-refractivity contribution in [2.24, 2.45) is 17.8 Å². The number of nitrogens with one attached hydrogen (secondary N) is 1. The van der Waals surface area contributed by atoms with E-state index in [0.717, 1.165) is 30.4 Å². The van der Waals surface area contributed by atoms with Crippen molar-refractivity contribution in [3.63, 3.8) is 0 Å². The topological polar surface area (TPSA) is 21.3 Å². The van der Waals surface area contributed by atoms with Crippen LogP contribution in [0.15, 0.2) is 0 Å². The molecule has 0 saturated heterocycles. The molecule has 0 aromatic rings. The zero-order valence-corrected chi connectivity index (χ0v) is 11.6. The summed E-state index contributed by atoms with van der Waals surface area (Å²) < 4.78 is 5.36. The predicted octanol–water partition coefficient (Wildman–Crippen LogP) is 3.22. The fraction of sp³-hybridized carbons (Fsp3) is 1.00. The van der Waals surface area contributed by atoms with E-state index in [2.05, 4.69) is 12.2 Å². The van der Waals surface area contributed by atoms with Crippen molar-refractivity contribution >= 4 is 0 Å². The molecule has 0 spiro atoms. The van der Waals surface area contributed by atoms with Crippen LogP contribution in [0.4, 0.5) is 0 Å². The summed E-state index contributed by atoms with van der Waals surface area (Å²) in [6.45, 7) is 4.57. The number of methoxy groups -OCH3 is 1. The van der Waals surface area contributed by atoms with Crippen LogP contribution in [0.3, 0.4) is 0 Å². The van der Waals surface area contributed by atoms with Crippen LogP contribution in [0.25, 0.3) is 0 Å². The highest BCUT2D eigenvalue weighted by Gasteiger charge is 2.30. The maximum atomic E-state index is 5.36. The van der Waals surface area contributed by atoms with E-state index in [1.807, 2.05) is 7.11 Å². The van der Waals surface area contributed by atoms with Crippen LogP contribution in [0.2, 0.25) is 0 Å². The maximum absolute atomic E-state index is 5.36. The lowest BCUT2D eigenvalue weighted by molar-refractivity contribution is 0.101. The number of hydrogen-bond donors (Lipinski definition) is 1. The first kappa shape index (κ1) is 13.4. The molecule has 0 bridgehead atoms. The fourth-order valence-electron chi connectivity index (χ4n) is 3.41. The lowest BCUT2D eigenvalue weighted by atomic mass is 9.79. The highest BCUT2D eigenvalue weighted by atomic mass is 16.5. The summed E-state index contributed by atoms with van der Waals surface area (Å²) in [6.07, 6.45) is 9.97. The average Bonchev–Trinajstić information content (AvgIpc) is 3.14. The van der Waals surface area contributed by atoms with Crippen LogP contribution < -0.4 is 5.32 Å². The summed E-state index contributed by atoms with van der Waals surface area (Å²) in [7, 11) is 1.84. The summed E-state index contributed by atoms with van der Waals surface area (Å²) in [4.78, 5) is 0. The summed E-state index contributed by atoms with van der Waals surface area (Å²) in [6, 6.07) is 0.858. The van der Waals surface area contributed by atoms with Crippen LogP contribution in [-0.2, 0) is 4.74 Å². The smallest absolute Gasteiger partial charge is 0.0490 e. The van der Waals surface area contributed by atoms with E-state index < -0.39 is 0 Å². The van der Waals surface area contributed by atoms with Gasteiger partial charge in [0.1, 0.15) is 0 Å². The molecule has 2 rings (SSSR count). The molecule has 100 valence electrons. The molecule has 0 aromatic carbocycles. The van der Waals surface area contributed by atoms with Gasteiger partial charge < -0.3 is 10.1 Å². The quantitative estimate of drug-likeness (QED) is 0.719. The van der Waals surface area contributed by atoms with E-state index >= 15 is 0 Å². The highest BCUT2D eigenvalue weighted by molar-refractivity contribution is 4.85. The number of ether oxygens (including phenoxy) is 1. The molecule has 2 fully saturated rings. The summed E-state index contributed by atoms with van der Waals surface area (Å²) >= 11 is 0. The first-order chi connectivity index (χ1) is 8.31. The van der Waals surface area contributed by atoms with Crippen molar-refractivity contribution in [2.75, 3.05) is 20.3 Å². The normalized spacial score (nSPS) is 32.1. The van der Waals surface area contributed by atoms with E-state index in [4.69, 9.17) is 4.74 Å². The van der Waals surface area contributed by atoms with Crippen molar-refractivity contribution in [1.29, 1.82) is 0 Å². The minimum atomic E-state index is 0.726. The summed E-state index contributed by atoms with van der Waals surface area (Å²) in [5.74, 6) is 2.50. The fourth-order valence-corrected chi connectivity index (χ4v) is 3.41. The Morgan fingerprint density at radius 2 is 1.88 bits per heavy atom. The molecule has 3 unspecified atom stereocenters. The third kappa shape index (κ3) is 4.26. The Labute approximate surface area is 107 Å². The molecular weight excluding hydrogens is 210 g/mol. The van der Waals surface area contributed by atoms with Gasteiger partial charge in [0.15, 0.2) is 0 Å². The van der Waals surface area contributed by atoms with Crippen LogP contribution >= 0.6 is 0 Å². The van der Waals surface area contributed by atoms with Gasteiger partial charge in [0, 0.05) is 19.8 Å². The van der Waals surface area contributed by atoms with Crippen molar-refractivity contribution in [3.05, 3.63) is 0 Å². The Hall–Kier alpha value is -0.0800. The van der Waals surface area contributed by atoms with Crippen LogP contribution in [-0.4, -0.2) is 26.3 Å². The van der Waals surface area contributed by atoms with Gasteiger partial charge in [-0.05, 0) is 50.0 Å². The molecular formula is C15H29NO. The first-order valence-corrected chi connectivity index (χ1v) is 7.53. The molecule has 2 heteroatoms. The maximum Gasteiger partial charge on any atom is 0.0490 e. The predicted molar refractivity (Wildman–Crippen MR) is 72.1 cm³/mol. The van der Waals surface area contributed by atoms with Crippen molar-refractivity contribution in [2.45, 2.75) is 57.9 Å². The van der Waals surface area contributed by atoms with Gasteiger partial charge in [-0.15, -0.1) is 0 Å². The largest absolute Gasteiger partial charge is 0.384 e. The lowest BCUT2D eigenvalue weighted by Crippen LogP contribution is -2.33. The molecule has 0 amide bonds. The molecule has 2 aliphatic rings. The van der Waals surface area contributed by atoms with E-state index in [1.165, 1.54) is 51.5 Å². The molecule has 3 atom stereocenters. The Kier molecular flexibility index (Phi) is 5.30. The van der Waals surface area contributed by atoms with Gasteiger partial charge in [0.25, 0.3) is 0 Å². The lowest BCUT2D eigenvalue weighted by Gasteiger charge is -2.30. The van der Waals surface area contributed by atoms with Gasteiger partial charge in [-0.2, -0.15) is 0 Å². The van der Waals surface area contributed by atoms with Crippen LogP contribution in [0, 0.1) is 17.8 Å². The summed E-state index contributed by atoms with van der Waals surface area (Å²) in [5, 5.41) is 3.74. The highest BCUT2D eigenvalue weighted by Crippen LogP contribution is 2.34. The molecule has 1 N–H and O–H groups in total. The van der Waals surface area contributed by atoms with Gasteiger partial charge in [-0.1, -0.05) is 26.2 Å². The van der Waals surface area contributed by atoms with Crippen molar-refractivity contribution < 1.29 is 4.74 Å². The first-order valence-electron chi connectivity index (χ1n) is 7.53. The third-order valence-corrected chi connectivity index (χ3v) is 4.62. The Balaban J connectivity index is 1.85. The second kappa shape index (κ2) is 6.75. The molecule has 2 nitrogen and oxygen atoms in total. The van der Waals surface area contributed by atoms with Crippen LogP contribution in [0.1, 0.15) is 51.9 Å². The average molecular weight is 239 g/mol. The Morgan fingerprint density at radius 1 is 1.12 bits per heavy atom. The van der Waals surface area contributed by atoms with Gasteiger partial charge in [0.2, 0.25) is 0 Å². The van der Waals surface area contributed by atoms with Crippen LogP contribution in [0.5, 0.6) is 0 Å². The molecule has 0 aliphatic heterocycles. The van der Waals surface area contributed by atoms with Crippen molar-refractivity contribution in [3.8, 4) is 0 Å². The molecule has 0 radical (unpaired) electrons. The second-order valence-electron chi connectivity index (χ2n) is 6.18. The Bertz CT molecular complexity index is 215.